The lowest BCUT2D eigenvalue weighted by molar-refractivity contribution is 0.0786. The third kappa shape index (κ3) is 3.99. The van der Waals surface area contributed by atoms with E-state index in [9.17, 15) is 13.2 Å². The zero-order valence-corrected chi connectivity index (χ0v) is 14.4. The summed E-state index contributed by atoms with van der Waals surface area (Å²) >= 11 is 1.59. The fraction of sp³-hybridized carbons (Fsp3) is 0.312. The second-order valence-corrected chi connectivity index (χ2v) is 8.41. The van der Waals surface area contributed by atoms with Gasteiger partial charge in [-0.05, 0) is 42.5 Å². The molecule has 1 amide bonds. The number of carbonyl (C=O) groups excluding carboxylic acids is 1. The Hall–Kier alpha value is -1.70. The summed E-state index contributed by atoms with van der Waals surface area (Å²) < 4.78 is 27.1. The molecular weight excluding hydrogens is 332 g/mol. The monoisotopic (exact) mass is 350 g/mol. The van der Waals surface area contributed by atoms with Gasteiger partial charge in [0.25, 0.3) is 5.91 Å². The van der Waals surface area contributed by atoms with Crippen LogP contribution in [-0.2, 0) is 16.6 Å². The summed E-state index contributed by atoms with van der Waals surface area (Å²) in [6, 6.07) is 10.2. The Labute approximate surface area is 140 Å². The Morgan fingerprint density at radius 3 is 2.74 bits per heavy atom. The van der Waals surface area contributed by atoms with Crippen LogP contribution in [0.4, 0.5) is 0 Å². The third-order valence-electron chi connectivity index (χ3n) is 3.61. The number of nitrogens with one attached hydrogen (secondary N) is 1. The van der Waals surface area contributed by atoms with Crippen molar-refractivity contribution in [1.29, 1.82) is 0 Å². The highest BCUT2D eigenvalue weighted by Crippen LogP contribution is 2.23. The summed E-state index contributed by atoms with van der Waals surface area (Å²) in [7, 11) is -1.83. The Kier molecular flexibility index (Phi) is 4.52. The molecule has 0 atom stereocenters. The van der Waals surface area contributed by atoms with Crippen molar-refractivity contribution in [2.24, 2.45) is 0 Å². The van der Waals surface area contributed by atoms with Crippen molar-refractivity contribution in [2.75, 3.05) is 7.05 Å². The normalized spacial score (nSPS) is 14.7. The van der Waals surface area contributed by atoms with Gasteiger partial charge >= 0.3 is 0 Å². The molecule has 1 aliphatic carbocycles. The van der Waals surface area contributed by atoms with Crippen LogP contribution in [0.25, 0.3) is 0 Å². The maximum absolute atomic E-state index is 12.5. The molecule has 0 spiro atoms. The first-order valence-electron chi connectivity index (χ1n) is 7.36. The predicted octanol–water partition coefficient (Wildman–Crippen LogP) is 2.46. The highest BCUT2D eigenvalue weighted by molar-refractivity contribution is 7.89. The first-order chi connectivity index (χ1) is 11.0. The van der Waals surface area contributed by atoms with E-state index in [1.54, 1.807) is 35.4 Å². The molecule has 0 bridgehead atoms. The minimum Gasteiger partial charge on any atom is -0.337 e. The first-order valence-corrected chi connectivity index (χ1v) is 9.72. The molecule has 1 aliphatic rings. The molecule has 1 N–H and O–H groups in total. The second-order valence-electron chi connectivity index (χ2n) is 5.66. The third-order valence-corrected chi connectivity index (χ3v) is 5.99. The molecule has 5 nitrogen and oxygen atoms in total. The lowest BCUT2D eigenvalue weighted by Gasteiger charge is -2.17. The summed E-state index contributed by atoms with van der Waals surface area (Å²) in [4.78, 5) is 15.3. The van der Waals surface area contributed by atoms with Crippen LogP contribution in [0.15, 0.2) is 46.7 Å². The Morgan fingerprint density at radius 2 is 2.09 bits per heavy atom. The summed E-state index contributed by atoms with van der Waals surface area (Å²) in [5, 5.41) is 1.96. The molecule has 1 aromatic carbocycles. The summed E-state index contributed by atoms with van der Waals surface area (Å²) in [5.74, 6) is -0.193. The van der Waals surface area contributed by atoms with Crippen molar-refractivity contribution < 1.29 is 13.2 Å². The molecule has 3 rings (SSSR count). The van der Waals surface area contributed by atoms with Gasteiger partial charge in [-0.25, -0.2) is 13.1 Å². The van der Waals surface area contributed by atoms with Crippen LogP contribution >= 0.6 is 11.3 Å². The van der Waals surface area contributed by atoms with Crippen molar-refractivity contribution in [3.63, 3.8) is 0 Å². The number of benzene rings is 1. The maximum Gasteiger partial charge on any atom is 0.253 e. The average molecular weight is 350 g/mol. The van der Waals surface area contributed by atoms with E-state index in [1.807, 2.05) is 17.5 Å². The van der Waals surface area contributed by atoms with Crippen LogP contribution in [0.2, 0.25) is 0 Å². The highest BCUT2D eigenvalue weighted by atomic mass is 32.2. The zero-order valence-electron chi connectivity index (χ0n) is 12.7. The second kappa shape index (κ2) is 6.43. The van der Waals surface area contributed by atoms with E-state index >= 15 is 0 Å². The first kappa shape index (κ1) is 16.2. The van der Waals surface area contributed by atoms with Gasteiger partial charge in [-0.3, -0.25) is 4.79 Å². The van der Waals surface area contributed by atoms with Crippen molar-refractivity contribution >= 4 is 27.3 Å². The fourth-order valence-corrected chi connectivity index (χ4v) is 4.32. The van der Waals surface area contributed by atoms with Gasteiger partial charge in [-0.15, -0.1) is 11.3 Å². The molecule has 2 aromatic rings. The fourth-order valence-electron chi connectivity index (χ4n) is 2.21. The van der Waals surface area contributed by atoms with E-state index in [2.05, 4.69) is 4.72 Å². The average Bonchev–Trinajstić information content (AvgIpc) is 3.18. The largest absolute Gasteiger partial charge is 0.337 e. The summed E-state index contributed by atoms with van der Waals surface area (Å²) in [6.07, 6.45) is 1.75. The van der Waals surface area contributed by atoms with E-state index in [4.69, 9.17) is 0 Å². The predicted molar refractivity (Wildman–Crippen MR) is 89.9 cm³/mol. The number of hydrogen-bond acceptors (Lipinski definition) is 4. The van der Waals surface area contributed by atoms with Gasteiger partial charge < -0.3 is 4.90 Å². The molecule has 0 unspecified atom stereocenters. The van der Waals surface area contributed by atoms with Crippen molar-refractivity contribution in [3.05, 3.63) is 52.2 Å². The number of amides is 1. The number of carbonyl (C=O) groups is 1. The van der Waals surface area contributed by atoms with Crippen LogP contribution in [0.1, 0.15) is 28.1 Å². The quantitative estimate of drug-likeness (QED) is 0.870. The molecule has 0 aliphatic heterocycles. The Balaban J connectivity index is 1.77. The SMILES string of the molecule is CN(Cc1cccs1)C(=O)c1cccc(S(=O)(=O)NC2CC2)c1. The van der Waals surface area contributed by atoms with E-state index in [1.165, 1.54) is 12.1 Å². The molecule has 1 aromatic heterocycles. The van der Waals surface area contributed by atoms with Crippen LogP contribution < -0.4 is 4.72 Å². The van der Waals surface area contributed by atoms with Crippen molar-refractivity contribution in [2.45, 2.75) is 30.3 Å². The van der Waals surface area contributed by atoms with Crippen molar-refractivity contribution in [1.82, 2.24) is 9.62 Å². The number of nitrogens with zero attached hydrogens (tertiary/aromatic N) is 1. The van der Waals surface area contributed by atoms with Gasteiger partial charge in [0.2, 0.25) is 10.0 Å². The van der Waals surface area contributed by atoms with Crippen molar-refractivity contribution in [3.8, 4) is 0 Å². The zero-order chi connectivity index (χ0) is 16.4. The number of hydrogen-bond donors (Lipinski definition) is 1. The molecule has 0 saturated heterocycles. The van der Waals surface area contributed by atoms with Gasteiger partial charge in [0.15, 0.2) is 0 Å². The van der Waals surface area contributed by atoms with E-state index < -0.39 is 10.0 Å². The molecule has 1 fully saturated rings. The molecule has 1 heterocycles. The molecule has 23 heavy (non-hydrogen) atoms. The molecular formula is C16H18N2O3S2. The Bertz CT molecular complexity index is 796. The topological polar surface area (TPSA) is 66.5 Å². The number of thiophene rings is 1. The minimum atomic E-state index is -3.55. The van der Waals surface area contributed by atoms with Gasteiger partial charge in [0, 0.05) is 23.5 Å². The standard InChI is InChI=1S/C16H18N2O3S2/c1-18(11-14-5-3-9-22-14)16(19)12-4-2-6-15(10-12)23(20,21)17-13-7-8-13/h2-6,9-10,13,17H,7-8,11H2,1H3. The molecule has 7 heteroatoms. The van der Waals surface area contributed by atoms with E-state index in [-0.39, 0.29) is 16.8 Å². The van der Waals surface area contributed by atoms with Gasteiger partial charge in [-0.2, -0.15) is 0 Å². The molecule has 0 radical (unpaired) electrons. The summed E-state index contributed by atoms with van der Waals surface area (Å²) in [6.45, 7) is 0.508. The molecule has 1 saturated carbocycles. The Morgan fingerprint density at radius 1 is 1.30 bits per heavy atom. The van der Waals surface area contributed by atoms with Crippen LogP contribution in [0.3, 0.4) is 0 Å². The minimum absolute atomic E-state index is 0.0425. The van der Waals surface area contributed by atoms with E-state index in [0.717, 1.165) is 17.7 Å². The van der Waals surface area contributed by atoms with Gasteiger partial charge in [0.1, 0.15) is 0 Å². The lowest BCUT2D eigenvalue weighted by atomic mass is 10.2. The smallest absolute Gasteiger partial charge is 0.253 e. The van der Waals surface area contributed by atoms with E-state index in [0.29, 0.717) is 12.1 Å². The number of rotatable bonds is 6. The summed E-state index contributed by atoms with van der Waals surface area (Å²) in [5.41, 5.74) is 0.378. The van der Waals surface area contributed by atoms with Gasteiger partial charge in [-0.1, -0.05) is 12.1 Å². The number of sulfonamides is 1. The van der Waals surface area contributed by atoms with Gasteiger partial charge in [0.05, 0.1) is 11.4 Å². The lowest BCUT2D eigenvalue weighted by Crippen LogP contribution is -2.28. The maximum atomic E-state index is 12.5. The highest BCUT2D eigenvalue weighted by Gasteiger charge is 2.28. The van der Waals surface area contributed by atoms with Crippen LogP contribution in [-0.4, -0.2) is 32.3 Å². The van der Waals surface area contributed by atoms with Crippen LogP contribution in [0, 0.1) is 0 Å². The van der Waals surface area contributed by atoms with Crippen LogP contribution in [0.5, 0.6) is 0 Å². The molecule has 122 valence electrons.